The van der Waals surface area contributed by atoms with Gasteiger partial charge in [-0.05, 0) is 40.7 Å². The molecule has 0 saturated carbocycles. The molecule has 2 rings (SSSR count). The Morgan fingerprint density at radius 2 is 1.80 bits per heavy atom. The highest BCUT2D eigenvalue weighted by molar-refractivity contribution is 6.62. The lowest BCUT2D eigenvalue weighted by Gasteiger charge is -2.32. The monoisotopic (exact) mass is 359 g/mol. The molecule has 0 aromatic carbocycles. The molecule has 10 heteroatoms. The van der Waals surface area contributed by atoms with Crippen LogP contribution in [0.5, 0.6) is 0 Å². The number of alkyl halides is 3. The number of primary amides is 1. The summed E-state index contributed by atoms with van der Waals surface area (Å²) in [5, 5.41) is 2.38. The van der Waals surface area contributed by atoms with Gasteiger partial charge in [0.05, 0.1) is 16.8 Å². The third-order valence-corrected chi connectivity index (χ3v) is 4.52. The lowest BCUT2D eigenvalue weighted by Crippen LogP contribution is -2.41. The standard InChI is InChI=1S/C15H21BF3N3O3/c1-8(11(20)23)22-12-10(15(17,18)19)6-9(7-21-12)16-24-13(2,3)14(4,5)25-16/h6-8H,1-5H3,(H2,20,23)(H,21,22)/t8-/m0/s1. The van der Waals surface area contributed by atoms with Crippen LogP contribution < -0.4 is 16.5 Å². The number of nitrogens with two attached hydrogens (primary N) is 1. The van der Waals surface area contributed by atoms with Gasteiger partial charge in [-0.1, -0.05) is 0 Å². The average molecular weight is 359 g/mol. The molecule has 1 aromatic heterocycles. The number of nitrogens with zero attached hydrogens (tertiary/aromatic N) is 1. The van der Waals surface area contributed by atoms with Gasteiger partial charge in [0, 0.05) is 11.7 Å². The van der Waals surface area contributed by atoms with Gasteiger partial charge in [0.15, 0.2) is 0 Å². The van der Waals surface area contributed by atoms with Crippen LogP contribution in [-0.4, -0.2) is 35.3 Å². The molecule has 3 N–H and O–H groups in total. The molecule has 1 saturated heterocycles. The molecule has 2 heterocycles. The third kappa shape index (κ3) is 3.90. The number of anilines is 1. The minimum absolute atomic E-state index is 0.142. The van der Waals surface area contributed by atoms with Crippen LogP contribution in [0.25, 0.3) is 0 Å². The number of hydrogen-bond donors (Lipinski definition) is 2. The lowest BCUT2D eigenvalue weighted by atomic mass is 9.79. The van der Waals surface area contributed by atoms with Crippen LogP contribution >= 0.6 is 0 Å². The average Bonchev–Trinajstić information content (AvgIpc) is 2.66. The number of carbonyl (C=O) groups excluding carboxylic acids is 1. The van der Waals surface area contributed by atoms with E-state index in [1.807, 2.05) is 0 Å². The van der Waals surface area contributed by atoms with Gasteiger partial charge in [0.1, 0.15) is 11.9 Å². The first-order chi connectivity index (χ1) is 11.2. The van der Waals surface area contributed by atoms with Crippen LogP contribution in [0.2, 0.25) is 0 Å². The Kier molecular flexibility index (Phi) is 4.82. The summed E-state index contributed by atoms with van der Waals surface area (Å²) in [6.07, 6.45) is -3.44. The third-order valence-electron chi connectivity index (χ3n) is 4.52. The zero-order valence-corrected chi connectivity index (χ0v) is 14.7. The highest BCUT2D eigenvalue weighted by Gasteiger charge is 2.52. The van der Waals surface area contributed by atoms with E-state index in [-0.39, 0.29) is 5.46 Å². The summed E-state index contributed by atoms with van der Waals surface area (Å²) in [5.41, 5.74) is 2.83. The highest BCUT2D eigenvalue weighted by atomic mass is 19.4. The van der Waals surface area contributed by atoms with Gasteiger partial charge >= 0.3 is 13.3 Å². The minimum Gasteiger partial charge on any atom is -0.399 e. The van der Waals surface area contributed by atoms with E-state index < -0.39 is 47.8 Å². The molecule has 0 bridgehead atoms. The maximum absolute atomic E-state index is 13.4. The van der Waals surface area contributed by atoms with Crippen molar-refractivity contribution in [3.63, 3.8) is 0 Å². The van der Waals surface area contributed by atoms with Crippen molar-refractivity contribution in [3.8, 4) is 0 Å². The molecule has 0 unspecified atom stereocenters. The van der Waals surface area contributed by atoms with Gasteiger partial charge in [0.2, 0.25) is 5.91 Å². The van der Waals surface area contributed by atoms with Gasteiger partial charge in [-0.2, -0.15) is 13.2 Å². The molecule has 1 atom stereocenters. The molecular formula is C15H21BF3N3O3. The summed E-state index contributed by atoms with van der Waals surface area (Å²) in [6.45, 7) is 8.56. The first-order valence-corrected chi connectivity index (χ1v) is 7.73. The van der Waals surface area contributed by atoms with E-state index >= 15 is 0 Å². The summed E-state index contributed by atoms with van der Waals surface area (Å²) in [7, 11) is -0.971. The number of halogens is 3. The summed E-state index contributed by atoms with van der Waals surface area (Å²) in [5.74, 6) is -1.26. The topological polar surface area (TPSA) is 86.5 Å². The summed E-state index contributed by atoms with van der Waals surface area (Å²) >= 11 is 0. The quantitative estimate of drug-likeness (QED) is 0.799. The van der Waals surface area contributed by atoms with Crippen molar-refractivity contribution >= 4 is 24.3 Å². The number of amides is 1. The second-order valence-corrected chi connectivity index (χ2v) is 7.02. The molecule has 1 fully saturated rings. The lowest BCUT2D eigenvalue weighted by molar-refractivity contribution is -0.137. The second kappa shape index (κ2) is 6.17. The Labute approximate surface area is 144 Å². The van der Waals surface area contributed by atoms with E-state index in [0.29, 0.717) is 0 Å². The second-order valence-electron chi connectivity index (χ2n) is 7.02. The van der Waals surface area contributed by atoms with Crippen molar-refractivity contribution in [1.29, 1.82) is 0 Å². The predicted molar refractivity (Wildman–Crippen MR) is 87.2 cm³/mol. The Bertz CT molecular complexity index is 664. The number of carbonyl (C=O) groups is 1. The van der Waals surface area contributed by atoms with E-state index in [2.05, 4.69) is 10.3 Å². The van der Waals surface area contributed by atoms with Crippen molar-refractivity contribution in [2.24, 2.45) is 5.73 Å². The summed E-state index contributed by atoms with van der Waals surface area (Å²) < 4.78 is 51.7. The predicted octanol–water partition coefficient (Wildman–Crippen LogP) is 1.69. The highest BCUT2D eigenvalue weighted by Crippen LogP contribution is 2.38. The van der Waals surface area contributed by atoms with Crippen molar-refractivity contribution in [2.45, 2.75) is 58.0 Å². The van der Waals surface area contributed by atoms with Crippen LogP contribution in [0, 0.1) is 0 Å². The Balaban J connectivity index is 2.39. The fourth-order valence-corrected chi connectivity index (χ4v) is 2.20. The Morgan fingerprint density at radius 3 is 2.24 bits per heavy atom. The van der Waals surface area contributed by atoms with E-state index in [0.717, 1.165) is 6.07 Å². The smallest absolute Gasteiger partial charge is 0.399 e. The summed E-state index contributed by atoms with van der Waals surface area (Å²) in [6, 6.07) is -0.0955. The molecular weight excluding hydrogens is 338 g/mol. The number of nitrogens with one attached hydrogen (secondary N) is 1. The first-order valence-electron chi connectivity index (χ1n) is 7.73. The Hall–Kier alpha value is -1.81. The Morgan fingerprint density at radius 1 is 1.28 bits per heavy atom. The molecule has 6 nitrogen and oxygen atoms in total. The molecule has 1 aliphatic heterocycles. The fourth-order valence-electron chi connectivity index (χ4n) is 2.20. The molecule has 0 radical (unpaired) electrons. The van der Waals surface area contributed by atoms with Gasteiger partial charge in [-0.15, -0.1) is 0 Å². The van der Waals surface area contributed by atoms with Crippen LogP contribution in [0.15, 0.2) is 12.3 Å². The minimum atomic E-state index is -4.67. The van der Waals surface area contributed by atoms with Crippen molar-refractivity contribution in [1.82, 2.24) is 4.98 Å². The van der Waals surface area contributed by atoms with Gasteiger partial charge < -0.3 is 20.4 Å². The molecule has 1 aliphatic rings. The molecule has 0 spiro atoms. The largest absolute Gasteiger partial charge is 0.496 e. The van der Waals surface area contributed by atoms with E-state index in [1.165, 1.54) is 13.1 Å². The van der Waals surface area contributed by atoms with Crippen LogP contribution in [0.3, 0.4) is 0 Å². The van der Waals surface area contributed by atoms with E-state index in [4.69, 9.17) is 15.0 Å². The van der Waals surface area contributed by atoms with Gasteiger partial charge in [0.25, 0.3) is 0 Å². The van der Waals surface area contributed by atoms with Gasteiger partial charge in [-0.25, -0.2) is 4.98 Å². The maximum atomic E-state index is 13.4. The van der Waals surface area contributed by atoms with Gasteiger partial charge in [-0.3, -0.25) is 4.79 Å². The zero-order chi connectivity index (χ0) is 19.2. The van der Waals surface area contributed by atoms with Crippen LogP contribution in [0.4, 0.5) is 19.0 Å². The maximum Gasteiger partial charge on any atom is 0.496 e. The SMILES string of the molecule is C[C@H](Nc1ncc(B2OC(C)(C)C(C)(C)O2)cc1C(F)(F)F)C(N)=O. The normalized spacial score (nSPS) is 20.4. The van der Waals surface area contributed by atoms with Crippen molar-refractivity contribution < 1.29 is 27.3 Å². The number of rotatable bonds is 4. The van der Waals surface area contributed by atoms with Crippen molar-refractivity contribution in [2.75, 3.05) is 5.32 Å². The number of hydrogen-bond acceptors (Lipinski definition) is 5. The molecule has 0 aliphatic carbocycles. The zero-order valence-electron chi connectivity index (χ0n) is 14.7. The van der Waals surface area contributed by atoms with Crippen molar-refractivity contribution in [3.05, 3.63) is 17.8 Å². The molecule has 1 aromatic rings. The summed E-state index contributed by atoms with van der Waals surface area (Å²) in [4.78, 5) is 14.9. The molecule has 25 heavy (non-hydrogen) atoms. The van der Waals surface area contributed by atoms with E-state index in [9.17, 15) is 18.0 Å². The number of aromatic nitrogens is 1. The number of pyridine rings is 1. The first kappa shape index (κ1) is 19.5. The fraction of sp³-hybridized carbons (Fsp3) is 0.600. The van der Waals surface area contributed by atoms with E-state index in [1.54, 1.807) is 27.7 Å². The molecule has 1 amide bonds. The van der Waals surface area contributed by atoms with Crippen LogP contribution in [-0.2, 0) is 20.3 Å². The van der Waals surface area contributed by atoms with Crippen LogP contribution in [0.1, 0.15) is 40.2 Å². The molecule has 138 valence electrons.